The quantitative estimate of drug-likeness (QED) is 0.513. The number of hydrogen-bond donors (Lipinski definition) is 1. The molecule has 1 aromatic carbocycles. The van der Waals surface area contributed by atoms with Crippen LogP contribution < -0.4 is 5.32 Å². The van der Waals surface area contributed by atoms with Crippen LogP contribution in [0, 0.1) is 5.82 Å². The molecule has 2 aliphatic rings. The van der Waals surface area contributed by atoms with Crippen LogP contribution in [0.15, 0.2) is 46.1 Å². The van der Waals surface area contributed by atoms with Crippen LogP contribution >= 0.6 is 0 Å². The van der Waals surface area contributed by atoms with Gasteiger partial charge in [-0.3, -0.25) is 4.99 Å². The van der Waals surface area contributed by atoms with Gasteiger partial charge in [-0.05, 0) is 37.5 Å². The molecule has 1 aliphatic carbocycles. The number of piperazine rings is 1. The van der Waals surface area contributed by atoms with Crippen LogP contribution in [0.5, 0.6) is 0 Å². The summed E-state index contributed by atoms with van der Waals surface area (Å²) in [6.45, 7) is 5.19. The first-order valence-corrected chi connectivity index (χ1v) is 12.2. The number of sulfonamides is 1. The summed E-state index contributed by atoms with van der Waals surface area (Å²) in [6, 6.07) is 8.35. The van der Waals surface area contributed by atoms with Crippen molar-refractivity contribution in [3.8, 4) is 0 Å². The van der Waals surface area contributed by atoms with Crippen molar-refractivity contribution in [2.24, 2.45) is 4.99 Å². The van der Waals surface area contributed by atoms with Crippen LogP contribution in [0.4, 0.5) is 4.39 Å². The molecule has 10 heteroatoms. The predicted octanol–water partition coefficient (Wildman–Crippen LogP) is 1.96. The van der Waals surface area contributed by atoms with Crippen LogP contribution in [-0.2, 0) is 21.2 Å². The second kappa shape index (κ2) is 8.96. The number of halogens is 1. The fourth-order valence-electron chi connectivity index (χ4n) is 3.93. The Bertz CT molecular complexity index is 1010. The van der Waals surface area contributed by atoms with E-state index in [4.69, 9.17) is 9.52 Å². The normalized spacial score (nSPS) is 19.4. The average molecular weight is 450 g/mol. The van der Waals surface area contributed by atoms with Gasteiger partial charge in [0, 0.05) is 44.2 Å². The van der Waals surface area contributed by atoms with E-state index in [9.17, 15) is 12.8 Å². The molecule has 0 radical (unpaired) electrons. The Kier molecular flexibility index (Phi) is 6.29. The van der Waals surface area contributed by atoms with Crippen molar-refractivity contribution in [2.75, 3.05) is 39.3 Å². The molecule has 8 nitrogen and oxygen atoms in total. The van der Waals surface area contributed by atoms with E-state index in [0.717, 1.165) is 30.9 Å². The van der Waals surface area contributed by atoms with E-state index >= 15 is 0 Å². The van der Waals surface area contributed by atoms with Crippen molar-refractivity contribution in [1.29, 1.82) is 0 Å². The van der Waals surface area contributed by atoms with Crippen molar-refractivity contribution in [3.05, 3.63) is 53.7 Å². The molecule has 2 fully saturated rings. The standard InChI is InChI=1S/C21H28FN5O3S/c1-2-23-20(24-16-21(7-8-21)17-4-3-5-18(22)14-17)26-9-11-27(12-10-26)31(28,29)15-19-6-13-30-25-19/h3-6,13-14H,2,7-12,15-16H2,1H3,(H,23,24). The lowest BCUT2D eigenvalue weighted by atomic mass is 9.96. The van der Waals surface area contributed by atoms with Gasteiger partial charge in [0.1, 0.15) is 17.8 Å². The Balaban J connectivity index is 1.39. The van der Waals surface area contributed by atoms with Gasteiger partial charge in [0.15, 0.2) is 5.96 Å². The summed E-state index contributed by atoms with van der Waals surface area (Å²) in [5.41, 5.74) is 1.31. The predicted molar refractivity (Wildman–Crippen MR) is 116 cm³/mol. The van der Waals surface area contributed by atoms with Gasteiger partial charge in [-0.15, -0.1) is 0 Å². The number of aromatic nitrogens is 1. The SMILES string of the molecule is CCNC(=NCC1(c2cccc(F)c2)CC1)N1CCN(S(=O)(=O)Cc2ccon2)CC1. The Hall–Kier alpha value is -2.46. The molecule has 0 atom stereocenters. The summed E-state index contributed by atoms with van der Waals surface area (Å²) in [5, 5.41) is 7.02. The second-order valence-corrected chi connectivity index (χ2v) is 10.1. The monoisotopic (exact) mass is 449 g/mol. The molecule has 1 saturated heterocycles. The summed E-state index contributed by atoms with van der Waals surface area (Å²) in [5.74, 6) is 0.398. The lowest BCUT2D eigenvalue weighted by Crippen LogP contribution is -2.54. The molecule has 1 aromatic heterocycles. The van der Waals surface area contributed by atoms with Gasteiger partial charge in [0.2, 0.25) is 10.0 Å². The van der Waals surface area contributed by atoms with Gasteiger partial charge >= 0.3 is 0 Å². The van der Waals surface area contributed by atoms with E-state index in [-0.39, 0.29) is 17.0 Å². The third-order valence-electron chi connectivity index (χ3n) is 5.91. The smallest absolute Gasteiger partial charge is 0.220 e. The zero-order chi connectivity index (χ0) is 21.9. The average Bonchev–Trinajstić information content (AvgIpc) is 3.39. The number of hydrogen-bond acceptors (Lipinski definition) is 5. The highest BCUT2D eigenvalue weighted by atomic mass is 32.2. The minimum atomic E-state index is -3.44. The number of nitrogens with one attached hydrogen (secondary N) is 1. The Morgan fingerprint density at radius 1 is 1.26 bits per heavy atom. The molecule has 0 spiro atoms. The summed E-state index contributed by atoms with van der Waals surface area (Å²) in [6.07, 6.45) is 3.36. The maximum Gasteiger partial charge on any atom is 0.220 e. The number of rotatable bonds is 7. The van der Waals surface area contributed by atoms with Crippen LogP contribution in [0.1, 0.15) is 31.0 Å². The highest BCUT2D eigenvalue weighted by Gasteiger charge is 2.44. The highest BCUT2D eigenvalue weighted by Crippen LogP contribution is 2.48. The Morgan fingerprint density at radius 2 is 2.03 bits per heavy atom. The summed E-state index contributed by atoms with van der Waals surface area (Å²) < 4.78 is 45.2. The summed E-state index contributed by atoms with van der Waals surface area (Å²) >= 11 is 0. The first-order chi connectivity index (χ1) is 14.9. The van der Waals surface area contributed by atoms with Crippen molar-refractivity contribution in [2.45, 2.75) is 30.9 Å². The number of guanidine groups is 1. The molecule has 0 unspecified atom stereocenters. The molecule has 2 heterocycles. The third-order valence-corrected chi connectivity index (χ3v) is 7.72. The molecule has 1 saturated carbocycles. The fraction of sp³-hybridized carbons (Fsp3) is 0.524. The van der Waals surface area contributed by atoms with E-state index in [0.29, 0.717) is 38.4 Å². The molecule has 1 aliphatic heterocycles. The fourth-order valence-corrected chi connectivity index (χ4v) is 5.35. The van der Waals surface area contributed by atoms with Gasteiger partial charge in [-0.25, -0.2) is 12.8 Å². The van der Waals surface area contributed by atoms with E-state index in [2.05, 4.69) is 15.4 Å². The highest BCUT2D eigenvalue weighted by molar-refractivity contribution is 7.88. The van der Waals surface area contributed by atoms with Crippen LogP contribution in [-0.4, -0.2) is 68.0 Å². The Morgan fingerprint density at radius 3 is 2.65 bits per heavy atom. The Labute approximate surface area is 182 Å². The van der Waals surface area contributed by atoms with Gasteiger partial charge in [-0.2, -0.15) is 4.31 Å². The zero-order valence-corrected chi connectivity index (χ0v) is 18.4. The maximum atomic E-state index is 13.7. The zero-order valence-electron chi connectivity index (χ0n) is 17.6. The first kappa shape index (κ1) is 21.8. The maximum absolute atomic E-state index is 13.7. The lowest BCUT2D eigenvalue weighted by Gasteiger charge is -2.36. The van der Waals surface area contributed by atoms with Gasteiger partial charge in [0.25, 0.3) is 0 Å². The molecule has 4 rings (SSSR count). The molecule has 168 valence electrons. The molecular weight excluding hydrogens is 421 g/mol. The molecule has 31 heavy (non-hydrogen) atoms. The minimum absolute atomic E-state index is 0.0917. The van der Waals surface area contributed by atoms with Crippen molar-refractivity contribution in [3.63, 3.8) is 0 Å². The molecule has 0 amide bonds. The third kappa shape index (κ3) is 5.07. The van der Waals surface area contributed by atoms with Gasteiger partial charge in [0.05, 0.1) is 12.2 Å². The largest absolute Gasteiger partial charge is 0.364 e. The van der Waals surface area contributed by atoms with Crippen molar-refractivity contribution < 1.29 is 17.3 Å². The second-order valence-electron chi connectivity index (χ2n) is 8.09. The number of nitrogens with zero attached hydrogens (tertiary/aromatic N) is 4. The summed E-state index contributed by atoms with van der Waals surface area (Å²) in [7, 11) is -3.44. The van der Waals surface area contributed by atoms with Crippen molar-refractivity contribution >= 4 is 16.0 Å². The lowest BCUT2D eigenvalue weighted by molar-refractivity contribution is 0.259. The number of aliphatic imine (C=N–C) groups is 1. The molecule has 1 N–H and O–H groups in total. The van der Waals surface area contributed by atoms with E-state index in [1.165, 1.54) is 16.6 Å². The van der Waals surface area contributed by atoms with Gasteiger partial charge < -0.3 is 14.7 Å². The van der Waals surface area contributed by atoms with Crippen LogP contribution in [0.25, 0.3) is 0 Å². The van der Waals surface area contributed by atoms with Gasteiger partial charge in [-0.1, -0.05) is 17.3 Å². The van der Waals surface area contributed by atoms with Crippen LogP contribution in [0.2, 0.25) is 0 Å². The number of benzene rings is 1. The van der Waals surface area contributed by atoms with E-state index in [1.54, 1.807) is 18.2 Å². The molecule has 0 bridgehead atoms. The van der Waals surface area contributed by atoms with Crippen molar-refractivity contribution in [1.82, 2.24) is 19.7 Å². The molecule has 2 aromatic rings. The first-order valence-electron chi connectivity index (χ1n) is 10.6. The molecular formula is C21H28FN5O3S. The van der Waals surface area contributed by atoms with Crippen LogP contribution in [0.3, 0.4) is 0 Å². The topological polar surface area (TPSA) is 91.0 Å². The van der Waals surface area contributed by atoms with E-state index < -0.39 is 10.0 Å². The van der Waals surface area contributed by atoms with E-state index in [1.807, 2.05) is 13.0 Å². The minimum Gasteiger partial charge on any atom is -0.364 e. The summed E-state index contributed by atoms with van der Waals surface area (Å²) in [4.78, 5) is 6.93.